The van der Waals surface area contributed by atoms with Gasteiger partial charge in [-0.3, -0.25) is 10.1 Å². The summed E-state index contributed by atoms with van der Waals surface area (Å²) in [6.45, 7) is 6.62. The van der Waals surface area contributed by atoms with Crippen LogP contribution in [0.3, 0.4) is 0 Å². The molecule has 0 bridgehead atoms. The highest BCUT2D eigenvalue weighted by Crippen LogP contribution is 2.29. The minimum absolute atomic E-state index is 0.0928. The lowest BCUT2D eigenvalue weighted by molar-refractivity contribution is -0.384. The molecule has 1 atom stereocenters. The zero-order valence-corrected chi connectivity index (χ0v) is 12.1. The highest BCUT2D eigenvalue weighted by molar-refractivity contribution is 5.59. The summed E-state index contributed by atoms with van der Waals surface area (Å²) in [6, 6.07) is 0. The first-order valence-electron chi connectivity index (χ1n) is 7.16. The van der Waals surface area contributed by atoms with E-state index < -0.39 is 0 Å². The molecule has 0 aromatic carbocycles. The highest BCUT2D eigenvalue weighted by atomic mass is 16.6. The van der Waals surface area contributed by atoms with Crippen LogP contribution in [0, 0.1) is 23.0 Å². The van der Waals surface area contributed by atoms with E-state index in [0.717, 1.165) is 32.5 Å². The van der Waals surface area contributed by atoms with Gasteiger partial charge in [0.15, 0.2) is 0 Å². The van der Waals surface area contributed by atoms with Gasteiger partial charge in [0.05, 0.1) is 11.5 Å². The van der Waals surface area contributed by atoms with Gasteiger partial charge in [-0.1, -0.05) is 6.92 Å². The number of aryl methyl sites for hydroxylation is 2. The molecule has 2 rings (SSSR count). The Morgan fingerprint density at radius 3 is 3.00 bits per heavy atom. The van der Waals surface area contributed by atoms with Crippen LogP contribution in [0.15, 0.2) is 0 Å². The monoisotopic (exact) mass is 282 g/mol. The van der Waals surface area contributed by atoms with Crippen molar-refractivity contribution in [2.45, 2.75) is 39.7 Å². The van der Waals surface area contributed by atoms with Crippen molar-refractivity contribution in [3.63, 3.8) is 0 Å². The van der Waals surface area contributed by atoms with E-state index in [4.69, 9.17) is 4.74 Å². The topological polar surface area (TPSA) is 82.2 Å². The summed E-state index contributed by atoms with van der Waals surface area (Å²) in [4.78, 5) is 10.8. The molecule has 1 aromatic rings. The predicted molar refractivity (Wildman–Crippen MR) is 75.9 cm³/mol. The first-order valence-corrected chi connectivity index (χ1v) is 7.16. The summed E-state index contributed by atoms with van der Waals surface area (Å²) in [6.07, 6.45) is 3.04. The summed E-state index contributed by atoms with van der Waals surface area (Å²) in [5.41, 5.74) is 0.557. The second-order valence-corrected chi connectivity index (χ2v) is 5.23. The molecule has 2 heterocycles. The number of ether oxygens (including phenoxy) is 1. The quantitative estimate of drug-likeness (QED) is 0.639. The molecule has 1 saturated heterocycles. The van der Waals surface area contributed by atoms with Gasteiger partial charge in [0.2, 0.25) is 5.82 Å². The Labute approximate surface area is 118 Å². The molecule has 0 spiro atoms. The van der Waals surface area contributed by atoms with E-state index in [1.165, 1.54) is 0 Å². The number of hydrogen-bond donors (Lipinski definition) is 1. The number of nitrogens with one attached hydrogen (secondary N) is 1. The van der Waals surface area contributed by atoms with Crippen LogP contribution in [0.25, 0.3) is 0 Å². The first-order chi connectivity index (χ1) is 9.63. The Balaban J connectivity index is 2.12. The molecule has 20 heavy (non-hydrogen) atoms. The first kappa shape index (κ1) is 14.8. The maximum absolute atomic E-state index is 11.2. The van der Waals surface area contributed by atoms with E-state index in [9.17, 15) is 10.1 Å². The SMILES string of the molecule is CCCn1nc(C)c([N+](=O)[O-])c1NCC1CCCOC1. The molecule has 1 N–H and O–H groups in total. The largest absolute Gasteiger partial charge is 0.381 e. The van der Waals surface area contributed by atoms with Crippen LogP contribution in [0.4, 0.5) is 11.5 Å². The Bertz CT molecular complexity index is 466. The maximum atomic E-state index is 11.2. The molecule has 1 aliphatic rings. The minimum atomic E-state index is -0.353. The molecule has 7 heteroatoms. The van der Waals surface area contributed by atoms with Crippen LogP contribution in [0.1, 0.15) is 31.9 Å². The standard InChI is InChI=1S/C13H22N4O3/c1-3-6-16-13(12(17(18)19)10(2)15-16)14-8-11-5-4-7-20-9-11/h11,14H,3-9H2,1-2H3. The number of hydrogen-bond acceptors (Lipinski definition) is 5. The van der Waals surface area contributed by atoms with E-state index in [2.05, 4.69) is 10.4 Å². The van der Waals surface area contributed by atoms with Crippen molar-refractivity contribution in [2.75, 3.05) is 25.1 Å². The van der Waals surface area contributed by atoms with Gasteiger partial charge in [0, 0.05) is 19.7 Å². The molecule has 0 aliphatic carbocycles. The van der Waals surface area contributed by atoms with Crippen molar-refractivity contribution < 1.29 is 9.66 Å². The van der Waals surface area contributed by atoms with Gasteiger partial charge in [-0.05, 0) is 32.1 Å². The Morgan fingerprint density at radius 2 is 2.40 bits per heavy atom. The minimum Gasteiger partial charge on any atom is -0.381 e. The van der Waals surface area contributed by atoms with Crippen LogP contribution >= 0.6 is 0 Å². The van der Waals surface area contributed by atoms with Crippen LogP contribution in [0.5, 0.6) is 0 Å². The van der Waals surface area contributed by atoms with Crippen LogP contribution in [-0.4, -0.2) is 34.5 Å². The second kappa shape index (κ2) is 6.69. The third-order valence-electron chi connectivity index (χ3n) is 3.53. The lowest BCUT2D eigenvalue weighted by Crippen LogP contribution is -2.25. The zero-order chi connectivity index (χ0) is 14.5. The van der Waals surface area contributed by atoms with Gasteiger partial charge in [-0.25, -0.2) is 4.68 Å². The summed E-state index contributed by atoms with van der Waals surface area (Å²) in [7, 11) is 0. The zero-order valence-electron chi connectivity index (χ0n) is 12.1. The van der Waals surface area contributed by atoms with Crippen molar-refractivity contribution in [3.8, 4) is 0 Å². The normalized spacial score (nSPS) is 19.0. The fourth-order valence-corrected chi connectivity index (χ4v) is 2.55. The Hall–Kier alpha value is -1.63. The Morgan fingerprint density at radius 1 is 1.60 bits per heavy atom. The molecular formula is C13H22N4O3. The van der Waals surface area contributed by atoms with Crippen molar-refractivity contribution in [1.82, 2.24) is 9.78 Å². The molecule has 1 aromatic heterocycles. The summed E-state index contributed by atoms with van der Waals surface area (Å²) < 4.78 is 7.14. The van der Waals surface area contributed by atoms with Crippen LogP contribution in [0.2, 0.25) is 0 Å². The third-order valence-corrected chi connectivity index (χ3v) is 3.53. The average molecular weight is 282 g/mol. The van der Waals surface area contributed by atoms with E-state index >= 15 is 0 Å². The number of anilines is 1. The van der Waals surface area contributed by atoms with Gasteiger partial charge in [0.1, 0.15) is 5.69 Å². The van der Waals surface area contributed by atoms with E-state index in [0.29, 0.717) is 30.5 Å². The van der Waals surface area contributed by atoms with Gasteiger partial charge < -0.3 is 10.1 Å². The molecule has 0 saturated carbocycles. The second-order valence-electron chi connectivity index (χ2n) is 5.23. The molecular weight excluding hydrogens is 260 g/mol. The van der Waals surface area contributed by atoms with E-state index in [-0.39, 0.29) is 10.6 Å². The van der Waals surface area contributed by atoms with Gasteiger partial charge in [-0.2, -0.15) is 5.10 Å². The lowest BCUT2D eigenvalue weighted by atomic mass is 10.0. The van der Waals surface area contributed by atoms with Crippen LogP contribution < -0.4 is 5.32 Å². The fourth-order valence-electron chi connectivity index (χ4n) is 2.55. The van der Waals surface area contributed by atoms with Gasteiger partial charge in [-0.15, -0.1) is 0 Å². The number of nitrogens with zero attached hydrogens (tertiary/aromatic N) is 3. The smallest absolute Gasteiger partial charge is 0.333 e. The summed E-state index contributed by atoms with van der Waals surface area (Å²) in [5, 5.41) is 18.7. The third kappa shape index (κ3) is 3.27. The molecule has 0 amide bonds. The molecule has 1 aliphatic heterocycles. The van der Waals surface area contributed by atoms with Crippen molar-refractivity contribution in [1.29, 1.82) is 0 Å². The molecule has 112 valence electrons. The van der Waals surface area contributed by atoms with E-state index in [1.54, 1.807) is 11.6 Å². The van der Waals surface area contributed by atoms with Crippen molar-refractivity contribution >= 4 is 11.5 Å². The van der Waals surface area contributed by atoms with Crippen molar-refractivity contribution in [2.24, 2.45) is 5.92 Å². The number of aromatic nitrogens is 2. The highest BCUT2D eigenvalue weighted by Gasteiger charge is 2.25. The number of nitro groups is 1. The molecule has 0 radical (unpaired) electrons. The average Bonchev–Trinajstić information content (AvgIpc) is 2.74. The lowest BCUT2D eigenvalue weighted by Gasteiger charge is -2.22. The van der Waals surface area contributed by atoms with Crippen LogP contribution in [-0.2, 0) is 11.3 Å². The summed E-state index contributed by atoms with van der Waals surface area (Å²) in [5.74, 6) is 0.938. The number of rotatable bonds is 6. The summed E-state index contributed by atoms with van der Waals surface area (Å²) >= 11 is 0. The van der Waals surface area contributed by atoms with Gasteiger partial charge in [0.25, 0.3) is 0 Å². The molecule has 1 fully saturated rings. The molecule has 7 nitrogen and oxygen atoms in total. The predicted octanol–water partition coefficient (Wildman–Crippen LogP) is 2.35. The maximum Gasteiger partial charge on any atom is 0.333 e. The fraction of sp³-hybridized carbons (Fsp3) is 0.769. The van der Waals surface area contributed by atoms with E-state index in [1.807, 2.05) is 6.92 Å². The Kier molecular flexibility index (Phi) is 4.94. The van der Waals surface area contributed by atoms with Gasteiger partial charge >= 0.3 is 5.69 Å². The molecule has 1 unspecified atom stereocenters. The van der Waals surface area contributed by atoms with Crippen molar-refractivity contribution in [3.05, 3.63) is 15.8 Å².